The molecule has 118 valence electrons. The average molecular weight is 308 g/mol. The van der Waals surface area contributed by atoms with Crippen LogP contribution in [0, 0.1) is 0 Å². The Bertz CT molecular complexity index is 769. The van der Waals surface area contributed by atoms with Gasteiger partial charge in [-0.2, -0.15) is 0 Å². The molecule has 0 bridgehead atoms. The Kier molecular flexibility index (Phi) is 2.89. The Morgan fingerprint density at radius 3 is 2.91 bits per heavy atom. The van der Waals surface area contributed by atoms with E-state index in [-0.39, 0.29) is 23.8 Å². The van der Waals surface area contributed by atoms with Gasteiger partial charge in [-0.25, -0.2) is 9.97 Å². The van der Waals surface area contributed by atoms with Crippen LogP contribution in [-0.4, -0.2) is 55.3 Å². The van der Waals surface area contributed by atoms with Crippen LogP contribution in [0.1, 0.15) is 20.1 Å². The highest BCUT2D eigenvalue weighted by molar-refractivity contribution is 5.68. The lowest BCUT2D eigenvalue weighted by molar-refractivity contribution is -0.199. The quantitative estimate of drug-likeness (QED) is 0.771. The Hall–Kier alpha value is -1.81. The summed E-state index contributed by atoms with van der Waals surface area (Å²) in [6.07, 6.45) is 0.937. The van der Waals surface area contributed by atoms with Crippen molar-refractivity contribution in [3.63, 3.8) is 0 Å². The molecular formula is C13H16N4O5. The number of hydrogen-bond acceptors (Lipinski definition) is 7. The van der Waals surface area contributed by atoms with E-state index in [1.54, 1.807) is 4.57 Å². The first-order valence-electron chi connectivity index (χ1n) is 7.02. The molecule has 4 heterocycles. The number of hydrogen-bond donors (Lipinski definition) is 2. The largest absolute Gasteiger partial charge is 0.394 e. The Morgan fingerprint density at radius 2 is 2.14 bits per heavy atom. The molecule has 4 atom stereocenters. The highest BCUT2D eigenvalue weighted by atomic mass is 16.8. The van der Waals surface area contributed by atoms with E-state index < -0.39 is 24.2 Å². The fraction of sp³-hybridized carbons (Fsp3) is 0.615. The Morgan fingerprint density at radius 1 is 1.36 bits per heavy atom. The Balaban J connectivity index is 1.78. The molecule has 0 spiro atoms. The molecular weight excluding hydrogens is 292 g/mol. The average Bonchev–Trinajstić information content (AvgIpc) is 3.10. The highest BCUT2D eigenvalue weighted by Crippen LogP contribution is 2.43. The van der Waals surface area contributed by atoms with Gasteiger partial charge in [0.15, 0.2) is 23.2 Å². The van der Waals surface area contributed by atoms with Gasteiger partial charge >= 0.3 is 0 Å². The van der Waals surface area contributed by atoms with Crippen LogP contribution in [0.25, 0.3) is 11.2 Å². The van der Waals surface area contributed by atoms with Gasteiger partial charge in [0, 0.05) is 0 Å². The standard InChI is InChI=1S/C13H16N4O5/c1-13(2)21-8-6(3-18)20-12(9(8)22-13)17-5-16-7-10(17)14-4-15-11(7)19/h4-6,8-9,12,18H,3H2,1-2H3,(H,14,15,19)/t6-,8+,9?,12-/m1/s1. The maximum Gasteiger partial charge on any atom is 0.278 e. The van der Waals surface area contributed by atoms with Crippen molar-refractivity contribution in [2.45, 2.75) is 44.2 Å². The minimum Gasteiger partial charge on any atom is -0.394 e. The summed E-state index contributed by atoms with van der Waals surface area (Å²) in [5.41, 5.74) is 0.314. The molecule has 22 heavy (non-hydrogen) atoms. The van der Waals surface area contributed by atoms with E-state index in [0.29, 0.717) is 5.65 Å². The number of H-pyrrole nitrogens is 1. The number of aromatic nitrogens is 4. The zero-order chi connectivity index (χ0) is 15.5. The normalized spacial score (nSPS) is 33.4. The monoisotopic (exact) mass is 308 g/mol. The summed E-state index contributed by atoms with van der Waals surface area (Å²) in [6, 6.07) is 0. The van der Waals surface area contributed by atoms with Gasteiger partial charge in [0.2, 0.25) is 0 Å². The van der Waals surface area contributed by atoms with Crippen LogP contribution in [0.3, 0.4) is 0 Å². The summed E-state index contributed by atoms with van der Waals surface area (Å²) < 4.78 is 19.2. The molecule has 9 nitrogen and oxygen atoms in total. The van der Waals surface area contributed by atoms with Crippen LogP contribution in [-0.2, 0) is 14.2 Å². The van der Waals surface area contributed by atoms with E-state index >= 15 is 0 Å². The van der Waals surface area contributed by atoms with E-state index in [4.69, 9.17) is 14.2 Å². The van der Waals surface area contributed by atoms with E-state index in [1.165, 1.54) is 12.7 Å². The molecule has 4 rings (SSSR count). The van der Waals surface area contributed by atoms with Gasteiger partial charge in [-0.3, -0.25) is 9.36 Å². The van der Waals surface area contributed by atoms with Crippen molar-refractivity contribution in [3.8, 4) is 0 Å². The molecule has 0 aromatic carbocycles. The van der Waals surface area contributed by atoms with Gasteiger partial charge in [0.05, 0.1) is 19.3 Å². The van der Waals surface area contributed by atoms with Crippen LogP contribution in [0.15, 0.2) is 17.4 Å². The van der Waals surface area contributed by atoms with Gasteiger partial charge in [-0.15, -0.1) is 0 Å². The topological polar surface area (TPSA) is 111 Å². The number of aromatic amines is 1. The summed E-state index contributed by atoms with van der Waals surface area (Å²) in [7, 11) is 0. The Labute approximate surface area is 124 Å². The van der Waals surface area contributed by atoms with E-state index in [2.05, 4.69) is 15.0 Å². The maximum absolute atomic E-state index is 11.8. The number of nitrogens with zero attached hydrogens (tertiary/aromatic N) is 3. The van der Waals surface area contributed by atoms with E-state index in [1.807, 2.05) is 13.8 Å². The number of nitrogens with one attached hydrogen (secondary N) is 1. The van der Waals surface area contributed by atoms with Crippen molar-refractivity contribution >= 4 is 11.2 Å². The molecule has 0 aliphatic carbocycles. The summed E-state index contributed by atoms with van der Waals surface area (Å²) in [6.45, 7) is 3.44. The van der Waals surface area contributed by atoms with Crippen molar-refractivity contribution in [3.05, 3.63) is 23.0 Å². The van der Waals surface area contributed by atoms with Crippen molar-refractivity contribution in [2.75, 3.05) is 6.61 Å². The molecule has 2 aliphatic heterocycles. The molecule has 9 heteroatoms. The third-order valence-electron chi connectivity index (χ3n) is 3.94. The summed E-state index contributed by atoms with van der Waals surface area (Å²) in [4.78, 5) is 22.5. The van der Waals surface area contributed by atoms with E-state index in [9.17, 15) is 9.90 Å². The third kappa shape index (κ3) is 1.90. The first kappa shape index (κ1) is 13.8. The van der Waals surface area contributed by atoms with Crippen molar-refractivity contribution < 1.29 is 19.3 Å². The van der Waals surface area contributed by atoms with Crippen molar-refractivity contribution in [1.82, 2.24) is 19.5 Å². The summed E-state index contributed by atoms with van der Waals surface area (Å²) in [5, 5.41) is 9.50. The van der Waals surface area contributed by atoms with Crippen LogP contribution in [0.5, 0.6) is 0 Å². The number of ether oxygens (including phenoxy) is 3. The van der Waals surface area contributed by atoms with Gasteiger partial charge < -0.3 is 24.3 Å². The highest BCUT2D eigenvalue weighted by Gasteiger charge is 2.55. The van der Waals surface area contributed by atoms with Gasteiger partial charge in [-0.05, 0) is 13.8 Å². The zero-order valence-electron chi connectivity index (χ0n) is 12.1. The van der Waals surface area contributed by atoms with Crippen LogP contribution in [0.2, 0.25) is 0 Å². The molecule has 2 fully saturated rings. The molecule has 0 radical (unpaired) electrons. The molecule has 2 aromatic heterocycles. The predicted molar refractivity (Wildman–Crippen MR) is 73.0 cm³/mol. The number of fused-ring (bicyclic) bond motifs is 2. The molecule has 1 unspecified atom stereocenters. The maximum atomic E-state index is 11.8. The second-order valence-electron chi connectivity index (χ2n) is 5.87. The second-order valence-corrected chi connectivity index (χ2v) is 5.87. The molecule has 0 saturated carbocycles. The van der Waals surface area contributed by atoms with Gasteiger partial charge in [-0.1, -0.05) is 0 Å². The fourth-order valence-corrected chi connectivity index (χ4v) is 3.08. The smallest absolute Gasteiger partial charge is 0.278 e. The molecule has 2 aromatic rings. The molecule has 2 saturated heterocycles. The number of imidazole rings is 1. The minimum atomic E-state index is -0.758. The number of aliphatic hydroxyl groups excluding tert-OH is 1. The molecule has 2 N–H and O–H groups in total. The zero-order valence-corrected chi connectivity index (χ0v) is 12.1. The van der Waals surface area contributed by atoms with Crippen LogP contribution in [0.4, 0.5) is 0 Å². The van der Waals surface area contributed by atoms with Crippen LogP contribution >= 0.6 is 0 Å². The second kappa shape index (κ2) is 4.59. The predicted octanol–water partition coefficient (Wildman–Crippen LogP) is -0.471. The summed E-state index contributed by atoms with van der Waals surface area (Å²) in [5.74, 6) is -0.758. The van der Waals surface area contributed by atoms with Gasteiger partial charge in [0.1, 0.15) is 18.3 Å². The van der Waals surface area contributed by atoms with Gasteiger partial charge in [0.25, 0.3) is 5.56 Å². The minimum absolute atomic E-state index is 0.183. The first-order valence-corrected chi connectivity index (χ1v) is 7.02. The third-order valence-corrected chi connectivity index (χ3v) is 3.94. The number of aliphatic hydroxyl groups is 1. The SMILES string of the molecule is CC1(C)OC2[C@@H](O1)[C@@H](CO)O[C@H]2n1cnc2c(=O)[nH]cnc21. The lowest BCUT2D eigenvalue weighted by Gasteiger charge is -2.24. The lowest BCUT2D eigenvalue weighted by Crippen LogP contribution is -2.31. The fourth-order valence-electron chi connectivity index (χ4n) is 3.08. The molecule has 2 aliphatic rings. The first-order chi connectivity index (χ1) is 10.5. The number of rotatable bonds is 2. The van der Waals surface area contributed by atoms with Crippen molar-refractivity contribution in [2.24, 2.45) is 0 Å². The molecule has 0 amide bonds. The summed E-state index contributed by atoms with van der Waals surface area (Å²) >= 11 is 0. The lowest BCUT2D eigenvalue weighted by atomic mass is 10.1. The van der Waals surface area contributed by atoms with Crippen LogP contribution < -0.4 is 5.56 Å². The van der Waals surface area contributed by atoms with E-state index in [0.717, 1.165) is 0 Å². The van der Waals surface area contributed by atoms with Crippen molar-refractivity contribution in [1.29, 1.82) is 0 Å².